The molecule has 5 heteroatoms. The summed E-state index contributed by atoms with van der Waals surface area (Å²) < 4.78 is 11.2. The van der Waals surface area contributed by atoms with Gasteiger partial charge < -0.3 is 14.6 Å². The maximum Gasteiger partial charge on any atom is 0.341 e. The molecule has 0 atom stereocenters. The lowest BCUT2D eigenvalue weighted by Crippen LogP contribution is -2.10. The van der Waals surface area contributed by atoms with Crippen LogP contribution in [0.25, 0.3) is 16.8 Å². The third-order valence-corrected chi connectivity index (χ3v) is 5.46. The van der Waals surface area contributed by atoms with Crippen molar-refractivity contribution in [3.63, 3.8) is 0 Å². The lowest BCUT2D eigenvalue weighted by atomic mass is 9.94. The van der Waals surface area contributed by atoms with E-state index in [0.717, 1.165) is 27.8 Å². The summed E-state index contributed by atoms with van der Waals surface area (Å²) in [5.41, 5.74) is 7.15. The van der Waals surface area contributed by atoms with Crippen LogP contribution in [0, 0.1) is 19.3 Å². The molecule has 0 radical (unpaired) electrons. The summed E-state index contributed by atoms with van der Waals surface area (Å²) in [7, 11) is 0. The number of hydrogen-bond donors (Lipinski definition) is 1. The second-order valence-corrected chi connectivity index (χ2v) is 8.02. The Morgan fingerprint density at radius 2 is 1.78 bits per heavy atom. The van der Waals surface area contributed by atoms with Crippen LogP contribution in [0.5, 0.6) is 11.5 Å². The van der Waals surface area contributed by atoms with Crippen LogP contribution < -0.4 is 9.47 Å². The molecule has 0 saturated heterocycles. The zero-order valence-electron chi connectivity index (χ0n) is 19.8. The first-order valence-corrected chi connectivity index (χ1v) is 11.4. The van der Waals surface area contributed by atoms with Gasteiger partial charge in [-0.2, -0.15) is 0 Å². The van der Waals surface area contributed by atoms with Gasteiger partial charge in [0.2, 0.25) is 0 Å². The van der Waals surface area contributed by atoms with Crippen molar-refractivity contribution in [1.82, 2.24) is 4.98 Å². The predicted molar refractivity (Wildman–Crippen MR) is 141 cm³/mol. The number of ether oxygens (including phenoxy) is 2. The van der Waals surface area contributed by atoms with Crippen LogP contribution in [-0.2, 0) is 4.79 Å². The molecule has 3 aromatic carbocycles. The molecular weight excluding hydrogens is 450 g/mol. The van der Waals surface area contributed by atoms with E-state index in [1.165, 1.54) is 11.3 Å². The first-order chi connectivity index (χ1) is 17.5. The van der Waals surface area contributed by atoms with Gasteiger partial charge >= 0.3 is 5.97 Å². The molecule has 0 saturated carbocycles. The molecule has 0 unspecified atom stereocenters. The Kier molecular flexibility index (Phi) is 7.80. The van der Waals surface area contributed by atoms with Crippen LogP contribution in [0.15, 0.2) is 97.2 Å². The Labute approximate surface area is 210 Å². The normalized spacial score (nSPS) is 10.9. The fourth-order valence-electron chi connectivity index (χ4n) is 3.63. The second-order valence-electron chi connectivity index (χ2n) is 8.02. The highest BCUT2D eigenvalue weighted by atomic mass is 16.5. The summed E-state index contributed by atoms with van der Waals surface area (Å²) in [6.07, 6.45) is 9.54. The Balaban J connectivity index is 0.000000434. The van der Waals surface area contributed by atoms with E-state index in [1.54, 1.807) is 12.1 Å². The van der Waals surface area contributed by atoms with E-state index in [9.17, 15) is 4.79 Å². The van der Waals surface area contributed by atoms with Crippen molar-refractivity contribution in [2.75, 3.05) is 13.2 Å². The summed E-state index contributed by atoms with van der Waals surface area (Å²) in [6, 6.07) is 27.2. The van der Waals surface area contributed by atoms with Crippen molar-refractivity contribution in [1.29, 1.82) is 0 Å². The number of carboxylic acids is 1. The Hall–Kier alpha value is -4.82. The van der Waals surface area contributed by atoms with Gasteiger partial charge in [-0.25, -0.2) is 4.79 Å². The van der Waals surface area contributed by atoms with Gasteiger partial charge in [-0.1, -0.05) is 54.5 Å². The fourth-order valence-corrected chi connectivity index (χ4v) is 3.63. The average molecular weight is 476 g/mol. The third-order valence-electron chi connectivity index (χ3n) is 5.46. The van der Waals surface area contributed by atoms with Gasteiger partial charge in [0.25, 0.3) is 0 Å². The van der Waals surface area contributed by atoms with Crippen LogP contribution >= 0.6 is 0 Å². The van der Waals surface area contributed by atoms with Crippen LogP contribution in [0.4, 0.5) is 0 Å². The summed E-state index contributed by atoms with van der Waals surface area (Å²) in [5, 5.41) is 8.75. The molecule has 2 aliphatic rings. The number of nitrogens with zero attached hydrogens (tertiary/aromatic N) is 1. The van der Waals surface area contributed by atoms with Crippen molar-refractivity contribution in [3.8, 4) is 35.1 Å². The van der Waals surface area contributed by atoms with Gasteiger partial charge in [-0.3, -0.25) is 4.98 Å². The molecule has 1 aliphatic carbocycles. The standard InChI is InChI=1S/C26H22O4.C5H3N/c1-3-20-9-7-8-12-23(20)24(21-10-5-4-6-11-21)15-16-29-22-13-14-25(19(2)17-22)30-18-26(27)28;1-2-6-5-3-4(1)5/h1,4-15,17H,16,18H2,2H3,(H,27,28);1-3H. The van der Waals surface area contributed by atoms with Crippen LogP contribution in [-0.4, -0.2) is 29.3 Å². The molecule has 0 aromatic heterocycles. The first-order valence-electron chi connectivity index (χ1n) is 11.4. The highest BCUT2D eigenvalue weighted by molar-refractivity contribution is 5.82. The smallest absolute Gasteiger partial charge is 0.341 e. The number of pyridine rings is 1. The predicted octanol–water partition coefficient (Wildman–Crippen LogP) is 6.01. The summed E-state index contributed by atoms with van der Waals surface area (Å²) >= 11 is 0. The second kappa shape index (κ2) is 11.5. The van der Waals surface area contributed by atoms with E-state index >= 15 is 0 Å². The number of aliphatic carboxylic acids is 1. The third kappa shape index (κ3) is 6.40. The average Bonchev–Trinajstić information content (AvgIpc) is 3.50. The molecule has 0 amide bonds. The Morgan fingerprint density at radius 3 is 2.39 bits per heavy atom. The molecule has 5 nitrogen and oxygen atoms in total. The van der Waals surface area contributed by atoms with Crippen LogP contribution in [0.3, 0.4) is 0 Å². The quantitative estimate of drug-likeness (QED) is 0.278. The maximum absolute atomic E-state index is 10.7. The number of aromatic nitrogens is 1. The monoisotopic (exact) mass is 475 g/mol. The molecule has 1 N–H and O–H groups in total. The van der Waals surface area contributed by atoms with Gasteiger partial charge in [-0.05, 0) is 71.7 Å². The fraction of sp³-hybridized carbons (Fsp3) is 0.0968. The summed E-state index contributed by atoms with van der Waals surface area (Å²) in [4.78, 5) is 14.6. The first kappa shape index (κ1) is 24.3. The number of hydrogen-bond acceptors (Lipinski definition) is 4. The number of terminal acetylenes is 1. The molecule has 1 aliphatic heterocycles. The summed E-state index contributed by atoms with van der Waals surface area (Å²) in [6.45, 7) is 1.81. The minimum atomic E-state index is -1.01. The lowest BCUT2D eigenvalue weighted by Gasteiger charge is -2.13. The largest absolute Gasteiger partial charge is 0.489 e. The van der Waals surface area contributed by atoms with E-state index in [0.29, 0.717) is 18.1 Å². The molecule has 1 heterocycles. The van der Waals surface area contributed by atoms with Gasteiger partial charge in [-0.15, -0.1) is 6.42 Å². The molecule has 36 heavy (non-hydrogen) atoms. The van der Waals surface area contributed by atoms with Crippen molar-refractivity contribution in [3.05, 3.63) is 119 Å². The van der Waals surface area contributed by atoms with Crippen molar-refractivity contribution in [2.45, 2.75) is 6.92 Å². The number of carbonyl (C=O) groups is 1. The molecular formula is C31H25NO4. The van der Waals surface area contributed by atoms with Gasteiger partial charge in [0, 0.05) is 17.3 Å². The lowest BCUT2D eigenvalue weighted by molar-refractivity contribution is -0.139. The van der Waals surface area contributed by atoms with Crippen molar-refractivity contribution in [2.24, 2.45) is 0 Å². The Bertz CT molecular complexity index is 1420. The van der Waals surface area contributed by atoms with Gasteiger partial charge in [0.05, 0.1) is 5.69 Å². The zero-order chi connectivity index (χ0) is 25.3. The number of rotatable bonds is 8. The number of benzene rings is 3. The highest BCUT2D eigenvalue weighted by Crippen LogP contribution is 2.29. The minimum absolute atomic E-state index is 0.345. The van der Waals surface area contributed by atoms with E-state index in [4.69, 9.17) is 21.0 Å². The highest BCUT2D eigenvalue weighted by Gasteiger charge is 2.10. The van der Waals surface area contributed by atoms with Crippen molar-refractivity contribution >= 4 is 11.5 Å². The maximum atomic E-state index is 10.7. The molecule has 0 bridgehead atoms. The molecule has 5 rings (SSSR count). The van der Waals surface area contributed by atoms with E-state index in [-0.39, 0.29) is 6.61 Å². The Morgan fingerprint density at radius 1 is 1.00 bits per heavy atom. The number of carboxylic acid groups (broad SMARTS) is 1. The number of fused-ring (bicyclic) bond motifs is 1. The summed E-state index contributed by atoms with van der Waals surface area (Å²) in [5.74, 6) is 2.93. The molecule has 0 fully saturated rings. The molecule has 0 spiro atoms. The van der Waals surface area contributed by atoms with E-state index in [2.05, 4.69) is 17.0 Å². The van der Waals surface area contributed by atoms with Gasteiger partial charge in [0.15, 0.2) is 6.61 Å². The van der Waals surface area contributed by atoms with Gasteiger partial charge in [0.1, 0.15) is 18.1 Å². The zero-order valence-corrected chi connectivity index (χ0v) is 19.8. The molecule has 178 valence electrons. The minimum Gasteiger partial charge on any atom is -0.489 e. The van der Waals surface area contributed by atoms with Crippen molar-refractivity contribution < 1.29 is 19.4 Å². The topological polar surface area (TPSA) is 68.7 Å². The van der Waals surface area contributed by atoms with Crippen LogP contribution in [0.2, 0.25) is 0 Å². The van der Waals surface area contributed by atoms with E-state index in [1.807, 2.05) is 85.9 Å². The molecule has 3 aromatic rings. The number of aryl methyl sites for hydroxylation is 1. The van der Waals surface area contributed by atoms with E-state index < -0.39 is 5.97 Å². The SMILES string of the molecule is C#Cc1ccccc1C(=CCOc1ccc(OCC(=O)O)c(C)c1)c1ccccc1.c1cc2cc-2n1. The van der Waals surface area contributed by atoms with Crippen LogP contribution in [0.1, 0.15) is 22.3 Å².